The normalized spacial score (nSPS) is 11.7. The maximum absolute atomic E-state index is 12.2. The second-order valence-electron chi connectivity index (χ2n) is 4.89. The van der Waals surface area contributed by atoms with Gasteiger partial charge in [-0.25, -0.2) is 0 Å². The van der Waals surface area contributed by atoms with E-state index in [4.69, 9.17) is 4.74 Å². The van der Waals surface area contributed by atoms with Crippen LogP contribution in [0.5, 0.6) is 5.75 Å². The SMILES string of the molecule is CCC(Oc1ccccc1)C(=O)NCc1ccc(SC)cc1. The van der Waals surface area contributed by atoms with Gasteiger partial charge in [0.05, 0.1) is 0 Å². The van der Waals surface area contributed by atoms with Gasteiger partial charge in [0.2, 0.25) is 0 Å². The van der Waals surface area contributed by atoms with Gasteiger partial charge in [-0.3, -0.25) is 4.79 Å². The molecule has 0 aliphatic heterocycles. The van der Waals surface area contributed by atoms with Crippen molar-refractivity contribution in [3.63, 3.8) is 0 Å². The van der Waals surface area contributed by atoms with Gasteiger partial charge in [0.15, 0.2) is 6.10 Å². The minimum atomic E-state index is -0.465. The van der Waals surface area contributed by atoms with E-state index >= 15 is 0 Å². The fourth-order valence-corrected chi connectivity index (χ4v) is 2.44. The number of carbonyl (C=O) groups excluding carboxylic acids is 1. The predicted octanol–water partition coefficient (Wildman–Crippen LogP) is 3.88. The summed E-state index contributed by atoms with van der Waals surface area (Å²) in [6, 6.07) is 17.6. The van der Waals surface area contributed by atoms with Gasteiger partial charge in [-0.05, 0) is 42.5 Å². The number of amides is 1. The highest BCUT2D eigenvalue weighted by molar-refractivity contribution is 7.98. The molecule has 0 saturated heterocycles. The van der Waals surface area contributed by atoms with Crippen LogP contribution in [0.2, 0.25) is 0 Å². The van der Waals surface area contributed by atoms with Crippen molar-refractivity contribution in [1.82, 2.24) is 5.32 Å². The van der Waals surface area contributed by atoms with Gasteiger partial charge in [-0.1, -0.05) is 37.3 Å². The van der Waals surface area contributed by atoms with Crippen LogP contribution in [0.3, 0.4) is 0 Å². The zero-order valence-corrected chi connectivity index (χ0v) is 13.7. The van der Waals surface area contributed by atoms with Crippen LogP contribution in [0.4, 0.5) is 0 Å². The van der Waals surface area contributed by atoms with Gasteiger partial charge in [0.1, 0.15) is 5.75 Å². The zero-order chi connectivity index (χ0) is 15.8. The van der Waals surface area contributed by atoms with Crippen LogP contribution >= 0.6 is 11.8 Å². The van der Waals surface area contributed by atoms with Crippen molar-refractivity contribution in [3.05, 3.63) is 60.2 Å². The monoisotopic (exact) mass is 315 g/mol. The average molecular weight is 315 g/mol. The van der Waals surface area contributed by atoms with Crippen LogP contribution in [0, 0.1) is 0 Å². The first-order chi connectivity index (χ1) is 10.7. The lowest BCUT2D eigenvalue weighted by atomic mass is 10.2. The van der Waals surface area contributed by atoms with E-state index in [1.807, 2.05) is 55.6 Å². The number of hydrogen-bond donors (Lipinski definition) is 1. The molecule has 0 fully saturated rings. The molecule has 116 valence electrons. The molecule has 0 spiro atoms. The van der Waals surface area contributed by atoms with Crippen molar-refractivity contribution < 1.29 is 9.53 Å². The van der Waals surface area contributed by atoms with Gasteiger partial charge in [0, 0.05) is 11.4 Å². The Bertz CT molecular complexity index is 584. The third-order valence-electron chi connectivity index (χ3n) is 3.31. The number of hydrogen-bond acceptors (Lipinski definition) is 3. The molecule has 0 heterocycles. The summed E-state index contributed by atoms with van der Waals surface area (Å²) in [5.74, 6) is 0.633. The summed E-state index contributed by atoms with van der Waals surface area (Å²) in [7, 11) is 0. The summed E-state index contributed by atoms with van der Waals surface area (Å²) in [6.45, 7) is 2.46. The van der Waals surface area contributed by atoms with E-state index < -0.39 is 6.10 Å². The van der Waals surface area contributed by atoms with Gasteiger partial charge in [-0.2, -0.15) is 0 Å². The van der Waals surface area contributed by atoms with E-state index in [2.05, 4.69) is 17.4 Å². The molecule has 0 aromatic heterocycles. The molecule has 2 rings (SSSR count). The molecule has 22 heavy (non-hydrogen) atoms. The number of thioether (sulfide) groups is 1. The lowest BCUT2D eigenvalue weighted by molar-refractivity contribution is -0.128. The standard InChI is InChI=1S/C18H21NO2S/c1-3-17(21-15-7-5-4-6-8-15)18(20)19-13-14-9-11-16(22-2)12-10-14/h4-12,17H,3,13H2,1-2H3,(H,19,20). The molecule has 1 N–H and O–H groups in total. The third-order valence-corrected chi connectivity index (χ3v) is 4.05. The largest absolute Gasteiger partial charge is 0.481 e. The molecule has 3 nitrogen and oxygen atoms in total. The maximum atomic E-state index is 12.2. The second kappa shape index (κ2) is 8.49. The lowest BCUT2D eigenvalue weighted by Gasteiger charge is -2.17. The summed E-state index contributed by atoms with van der Waals surface area (Å²) in [6.07, 6.45) is 2.21. The minimum absolute atomic E-state index is 0.0831. The Balaban J connectivity index is 1.88. The number of rotatable bonds is 7. The fourth-order valence-electron chi connectivity index (χ4n) is 2.03. The van der Waals surface area contributed by atoms with Crippen molar-refractivity contribution in [1.29, 1.82) is 0 Å². The molecule has 4 heteroatoms. The highest BCUT2D eigenvalue weighted by Gasteiger charge is 2.17. The highest BCUT2D eigenvalue weighted by atomic mass is 32.2. The molecule has 0 aliphatic rings. The Kier molecular flexibility index (Phi) is 6.34. The van der Waals surface area contributed by atoms with Crippen molar-refractivity contribution in [2.24, 2.45) is 0 Å². The van der Waals surface area contributed by atoms with Crippen LogP contribution in [0.1, 0.15) is 18.9 Å². The van der Waals surface area contributed by atoms with Gasteiger partial charge < -0.3 is 10.1 Å². The first-order valence-electron chi connectivity index (χ1n) is 7.35. The smallest absolute Gasteiger partial charge is 0.261 e. The molecule has 2 aromatic rings. The quantitative estimate of drug-likeness (QED) is 0.788. The zero-order valence-electron chi connectivity index (χ0n) is 12.9. The predicted molar refractivity (Wildman–Crippen MR) is 91.2 cm³/mol. The van der Waals surface area contributed by atoms with Crippen molar-refractivity contribution in [2.75, 3.05) is 6.26 Å². The maximum Gasteiger partial charge on any atom is 0.261 e. The molecular weight excluding hydrogens is 294 g/mol. The van der Waals surface area contributed by atoms with Crippen LogP contribution in [-0.4, -0.2) is 18.3 Å². The van der Waals surface area contributed by atoms with Crippen molar-refractivity contribution in [3.8, 4) is 5.75 Å². The van der Waals surface area contributed by atoms with Crippen LogP contribution in [0.25, 0.3) is 0 Å². The van der Waals surface area contributed by atoms with E-state index in [0.29, 0.717) is 18.7 Å². The first kappa shape index (κ1) is 16.4. The summed E-state index contributed by atoms with van der Waals surface area (Å²) < 4.78 is 5.73. The number of ether oxygens (including phenoxy) is 1. The summed E-state index contributed by atoms with van der Waals surface area (Å²) in [5, 5.41) is 2.94. The summed E-state index contributed by atoms with van der Waals surface area (Å²) in [4.78, 5) is 13.5. The highest BCUT2D eigenvalue weighted by Crippen LogP contribution is 2.15. The third kappa shape index (κ3) is 4.81. The van der Waals surface area contributed by atoms with E-state index in [1.165, 1.54) is 4.90 Å². The van der Waals surface area contributed by atoms with E-state index in [1.54, 1.807) is 11.8 Å². The van der Waals surface area contributed by atoms with Gasteiger partial charge >= 0.3 is 0 Å². The van der Waals surface area contributed by atoms with Crippen molar-refractivity contribution >= 4 is 17.7 Å². The Morgan fingerprint density at radius 3 is 2.41 bits per heavy atom. The molecular formula is C18H21NO2S. The molecule has 2 aromatic carbocycles. The van der Waals surface area contributed by atoms with Crippen LogP contribution in [-0.2, 0) is 11.3 Å². The Hall–Kier alpha value is -1.94. The number of benzene rings is 2. The van der Waals surface area contributed by atoms with Crippen LogP contribution < -0.4 is 10.1 Å². The molecule has 0 radical (unpaired) electrons. The number of para-hydroxylation sites is 1. The topological polar surface area (TPSA) is 38.3 Å². The molecule has 1 unspecified atom stereocenters. The molecule has 1 amide bonds. The van der Waals surface area contributed by atoms with E-state index in [-0.39, 0.29) is 5.91 Å². The molecule has 0 aliphatic carbocycles. The fraction of sp³-hybridized carbons (Fsp3) is 0.278. The van der Waals surface area contributed by atoms with E-state index in [9.17, 15) is 4.79 Å². The Morgan fingerprint density at radius 1 is 1.14 bits per heavy atom. The number of carbonyl (C=O) groups is 1. The van der Waals surface area contributed by atoms with Gasteiger partial charge in [0.25, 0.3) is 5.91 Å². The average Bonchev–Trinajstić information content (AvgIpc) is 2.59. The van der Waals surface area contributed by atoms with Crippen LogP contribution in [0.15, 0.2) is 59.5 Å². The molecule has 1 atom stereocenters. The Morgan fingerprint density at radius 2 is 1.82 bits per heavy atom. The van der Waals surface area contributed by atoms with E-state index in [0.717, 1.165) is 5.56 Å². The van der Waals surface area contributed by atoms with Gasteiger partial charge in [-0.15, -0.1) is 11.8 Å². The second-order valence-corrected chi connectivity index (χ2v) is 5.77. The lowest BCUT2D eigenvalue weighted by Crippen LogP contribution is -2.37. The number of nitrogens with one attached hydrogen (secondary N) is 1. The first-order valence-corrected chi connectivity index (χ1v) is 8.57. The minimum Gasteiger partial charge on any atom is -0.481 e. The molecule has 0 bridgehead atoms. The van der Waals surface area contributed by atoms with Crippen molar-refractivity contribution in [2.45, 2.75) is 30.9 Å². The Labute approximate surface area is 136 Å². The summed E-state index contributed by atoms with van der Waals surface area (Å²) in [5.41, 5.74) is 1.08. The summed E-state index contributed by atoms with van der Waals surface area (Å²) >= 11 is 1.70. The molecule has 0 saturated carbocycles.